The van der Waals surface area contributed by atoms with Gasteiger partial charge in [0.05, 0.1) is 5.75 Å². The third-order valence-corrected chi connectivity index (χ3v) is 13.3. The predicted molar refractivity (Wildman–Crippen MR) is 177 cm³/mol. The number of hydrogen-bond acceptors (Lipinski definition) is 7. The number of rotatable bonds is 13. The minimum absolute atomic E-state index is 0.0465. The molecule has 0 aromatic rings. The zero-order chi connectivity index (χ0) is 35.1. The second-order valence-corrected chi connectivity index (χ2v) is 18.3. The summed E-state index contributed by atoms with van der Waals surface area (Å²) in [5.74, 6) is -3.02. The minimum Gasteiger partial charge on any atom is -0.363 e. The van der Waals surface area contributed by atoms with Gasteiger partial charge in [-0.25, -0.2) is 17.5 Å². The highest BCUT2D eigenvalue weighted by molar-refractivity contribution is 7.89. The van der Waals surface area contributed by atoms with E-state index in [9.17, 15) is 32.4 Å². The summed E-state index contributed by atoms with van der Waals surface area (Å²) >= 11 is 0. The highest BCUT2D eigenvalue weighted by Gasteiger charge is 2.70. The van der Waals surface area contributed by atoms with Crippen molar-refractivity contribution in [2.45, 2.75) is 117 Å². The van der Waals surface area contributed by atoms with Gasteiger partial charge in [0.15, 0.2) is 0 Å². The first kappa shape index (κ1) is 37.1. The summed E-state index contributed by atoms with van der Waals surface area (Å²) < 4.78 is 26.4. The third kappa shape index (κ3) is 7.95. The highest BCUT2D eigenvalue weighted by atomic mass is 32.2. The molecular weight excluding hydrogens is 624 g/mol. The first-order chi connectivity index (χ1) is 21.8. The molecule has 1 saturated heterocycles. The van der Waals surface area contributed by atoms with Gasteiger partial charge in [0.25, 0.3) is 5.91 Å². The Labute approximate surface area is 279 Å². The minimum atomic E-state index is -3.47. The molecule has 0 aromatic heterocycles. The average Bonchev–Trinajstić information content (AvgIpc) is 3.28. The standard InChI is InChI=1S/C33H56N6O7S/c1-8-47(45,46)38(7)18-22(19-13-10-9-11-14-19)35-31(44)37-27(32(2,3)4)30(43)39-17-21-23(33(21,5)6)25(39)29(42)36-24(20-15-12-16-20)26(40)28(34)41/h19-25,27H,8-18H2,1-7H3,(H2,34,41)(H,36,42)(H2,35,37,44)/t21-,22+,23-,24?,25-,27+/m0/s1. The fourth-order valence-corrected chi connectivity index (χ4v) is 8.82. The zero-order valence-corrected chi connectivity index (χ0v) is 30.0. The van der Waals surface area contributed by atoms with E-state index in [1.165, 1.54) is 16.3 Å². The van der Waals surface area contributed by atoms with Crippen LogP contribution in [0.5, 0.6) is 0 Å². The number of ketones is 1. The number of nitrogens with one attached hydrogen (secondary N) is 3. The van der Waals surface area contributed by atoms with Crippen molar-refractivity contribution < 1.29 is 32.4 Å². The predicted octanol–water partition coefficient (Wildman–Crippen LogP) is 1.75. The van der Waals surface area contributed by atoms with E-state index >= 15 is 0 Å². The molecule has 1 unspecified atom stereocenters. The molecule has 14 heteroatoms. The number of amides is 5. The quantitative estimate of drug-likeness (QED) is 0.213. The van der Waals surface area contributed by atoms with Crippen molar-refractivity contribution in [1.82, 2.24) is 25.2 Å². The first-order valence-corrected chi connectivity index (χ1v) is 18.9. The summed E-state index contributed by atoms with van der Waals surface area (Å²) in [5, 5.41) is 8.71. The number of nitrogens with zero attached hydrogens (tertiary/aromatic N) is 2. The Bertz CT molecular complexity index is 1330. The van der Waals surface area contributed by atoms with Crippen LogP contribution in [0.2, 0.25) is 0 Å². The highest BCUT2D eigenvalue weighted by Crippen LogP contribution is 2.65. The van der Waals surface area contributed by atoms with Gasteiger partial charge >= 0.3 is 6.03 Å². The van der Waals surface area contributed by atoms with Crippen LogP contribution in [-0.4, -0.2) is 97.2 Å². The molecule has 13 nitrogen and oxygen atoms in total. The van der Waals surface area contributed by atoms with Gasteiger partial charge in [-0.15, -0.1) is 0 Å². The number of urea groups is 1. The molecule has 266 valence electrons. The van der Waals surface area contributed by atoms with E-state index in [0.717, 1.165) is 38.5 Å². The van der Waals surface area contributed by atoms with Crippen LogP contribution in [0.1, 0.15) is 92.9 Å². The molecule has 4 fully saturated rings. The summed E-state index contributed by atoms with van der Waals surface area (Å²) in [5.41, 5.74) is 4.39. The Morgan fingerprint density at radius 3 is 2.04 bits per heavy atom. The van der Waals surface area contributed by atoms with Crippen molar-refractivity contribution in [1.29, 1.82) is 0 Å². The maximum atomic E-state index is 14.4. The Morgan fingerprint density at radius 2 is 1.53 bits per heavy atom. The topological polar surface area (TPSA) is 188 Å². The number of likely N-dealkylation sites (N-methyl/N-ethyl adjacent to an activating group) is 1. The normalized spacial score (nSPS) is 26.4. The number of likely N-dealkylation sites (tertiary alicyclic amines) is 1. The van der Waals surface area contributed by atoms with Crippen LogP contribution in [-0.2, 0) is 29.2 Å². The summed E-state index contributed by atoms with van der Waals surface area (Å²) in [6.45, 7) is 11.7. The summed E-state index contributed by atoms with van der Waals surface area (Å²) in [6.07, 6.45) is 7.13. The van der Waals surface area contributed by atoms with E-state index in [0.29, 0.717) is 19.4 Å². The van der Waals surface area contributed by atoms with Crippen LogP contribution in [0.25, 0.3) is 0 Å². The molecule has 1 heterocycles. The Balaban J connectivity index is 1.53. The summed E-state index contributed by atoms with van der Waals surface area (Å²) in [4.78, 5) is 68.0. The molecular formula is C33H56N6O7S. The van der Waals surface area contributed by atoms with Crippen molar-refractivity contribution in [2.24, 2.45) is 40.2 Å². The second-order valence-electron chi connectivity index (χ2n) is 15.9. The molecule has 0 spiro atoms. The molecule has 0 aromatic carbocycles. The van der Waals surface area contributed by atoms with Crippen molar-refractivity contribution in [3.8, 4) is 0 Å². The number of Topliss-reactive ketones (excluding diaryl/α,β-unsaturated/α-hetero) is 1. The van der Waals surface area contributed by atoms with Crippen LogP contribution < -0.4 is 21.7 Å². The van der Waals surface area contributed by atoms with Gasteiger partial charge in [-0.3, -0.25) is 19.2 Å². The van der Waals surface area contributed by atoms with E-state index in [2.05, 4.69) is 29.8 Å². The number of nitrogens with two attached hydrogens (primary N) is 1. The average molecular weight is 681 g/mol. The largest absolute Gasteiger partial charge is 0.363 e. The lowest BCUT2D eigenvalue weighted by atomic mass is 9.78. The van der Waals surface area contributed by atoms with E-state index in [1.807, 2.05) is 20.8 Å². The van der Waals surface area contributed by atoms with Gasteiger partial charge in [0.2, 0.25) is 27.6 Å². The van der Waals surface area contributed by atoms with Gasteiger partial charge in [0, 0.05) is 26.2 Å². The van der Waals surface area contributed by atoms with E-state index < -0.39 is 69.1 Å². The summed E-state index contributed by atoms with van der Waals surface area (Å²) in [7, 11) is -1.95. The Kier molecular flexibility index (Phi) is 11.1. The van der Waals surface area contributed by atoms with Crippen LogP contribution in [0.15, 0.2) is 0 Å². The van der Waals surface area contributed by atoms with E-state index in [1.54, 1.807) is 6.92 Å². The maximum absolute atomic E-state index is 14.4. The zero-order valence-electron chi connectivity index (χ0n) is 29.1. The molecule has 4 aliphatic rings. The molecule has 5 N–H and O–H groups in total. The number of hydrogen-bond donors (Lipinski definition) is 4. The van der Waals surface area contributed by atoms with Gasteiger partial charge in [0.1, 0.15) is 18.1 Å². The van der Waals surface area contributed by atoms with Crippen molar-refractivity contribution in [2.75, 3.05) is 25.9 Å². The Morgan fingerprint density at radius 1 is 0.936 bits per heavy atom. The van der Waals surface area contributed by atoms with Gasteiger partial charge in [-0.05, 0) is 67.1 Å². The number of piperidine rings is 1. The molecule has 3 saturated carbocycles. The van der Waals surface area contributed by atoms with Gasteiger partial charge in [-0.1, -0.05) is 60.3 Å². The lowest BCUT2D eigenvalue weighted by Crippen LogP contribution is -2.63. The molecule has 3 aliphatic carbocycles. The van der Waals surface area contributed by atoms with Gasteiger partial charge in [-0.2, -0.15) is 0 Å². The van der Waals surface area contributed by atoms with Crippen LogP contribution in [0.4, 0.5) is 4.79 Å². The number of sulfonamides is 1. The molecule has 47 heavy (non-hydrogen) atoms. The Hall–Kier alpha value is -2.74. The molecule has 4 rings (SSSR count). The molecule has 0 radical (unpaired) electrons. The summed E-state index contributed by atoms with van der Waals surface area (Å²) in [6, 6.07) is -3.91. The molecule has 1 aliphatic heterocycles. The van der Waals surface area contributed by atoms with Crippen molar-refractivity contribution in [3.63, 3.8) is 0 Å². The van der Waals surface area contributed by atoms with E-state index in [-0.39, 0.29) is 41.4 Å². The second kappa shape index (κ2) is 14.0. The van der Waals surface area contributed by atoms with E-state index in [4.69, 9.17) is 5.73 Å². The lowest BCUT2D eigenvalue weighted by Gasteiger charge is -2.39. The number of fused-ring (bicyclic) bond motifs is 1. The number of primary amides is 1. The monoisotopic (exact) mass is 680 g/mol. The van der Waals surface area contributed by atoms with Crippen LogP contribution in [0, 0.1) is 34.5 Å². The first-order valence-electron chi connectivity index (χ1n) is 17.3. The van der Waals surface area contributed by atoms with Crippen molar-refractivity contribution >= 4 is 39.6 Å². The maximum Gasteiger partial charge on any atom is 0.315 e. The molecule has 0 bridgehead atoms. The third-order valence-electron chi connectivity index (χ3n) is 11.4. The number of carbonyl (C=O) groups is 5. The van der Waals surface area contributed by atoms with Gasteiger partial charge < -0.3 is 26.6 Å². The van der Waals surface area contributed by atoms with Crippen molar-refractivity contribution in [3.05, 3.63) is 0 Å². The lowest BCUT2D eigenvalue weighted by molar-refractivity contribution is -0.145. The smallest absolute Gasteiger partial charge is 0.315 e. The SMILES string of the molecule is CCS(=O)(=O)N(C)C[C@@H](NC(=O)N[C@H](C(=O)N1C[C@H]2[C@@H]([C@H]1C(=O)NC(C(=O)C(N)=O)C1CCC1)C2(C)C)C(C)(C)C)C1CCCCC1. The van der Waals surface area contributed by atoms with Crippen LogP contribution in [0.3, 0.4) is 0 Å². The fourth-order valence-electron chi connectivity index (χ4n) is 7.99. The number of carbonyl (C=O) groups excluding carboxylic acids is 5. The van der Waals surface area contributed by atoms with Crippen LogP contribution >= 0.6 is 0 Å². The molecule has 6 atom stereocenters. The fraction of sp³-hybridized carbons (Fsp3) is 0.848. The molecule has 5 amide bonds.